The molecule has 6 heteroatoms. The Morgan fingerprint density at radius 1 is 1.38 bits per heavy atom. The summed E-state index contributed by atoms with van der Waals surface area (Å²) in [5.41, 5.74) is 1.89. The smallest absolute Gasteiger partial charge is 0.134 e. The predicted octanol–water partition coefficient (Wildman–Crippen LogP) is 2.07. The van der Waals surface area contributed by atoms with Gasteiger partial charge in [0.15, 0.2) is 0 Å². The molecule has 6 nitrogen and oxygen atoms in total. The number of benzene rings is 1. The van der Waals surface area contributed by atoms with Crippen molar-refractivity contribution in [3.8, 4) is 11.5 Å². The average molecular weight is 290 g/mol. The predicted molar refractivity (Wildman–Crippen MR) is 80.4 cm³/mol. The fourth-order valence-electron chi connectivity index (χ4n) is 2.15. The molecule has 21 heavy (non-hydrogen) atoms. The maximum Gasteiger partial charge on any atom is 0.134 e. The minimum atomic E-state index is 0.206. The minimum Gasteiger partial charge on any atom is -0.497 e. The van der Waals surface area contributed by atoms with E-state index in [2.05, 4.69) is 29.5 Å². The zero-order chi connectivity index (χ0) is 15.2. The van der Waals surface area contributed by atoms with Gasteiger partial charge >= 0.3 is 0 Å². The van der Waals surface area contributed by atoms with Crippen LogP contribution in [0.2, 0.25) is 0 Å². The lowest BCUT2D eigenvalue weighted by Gasteiger charge is -2.18. The quantitative estimate of drug-likeness (QED) is 0.846. The van der Waals surface area contributed by atoms with Crippen molar-refractivity contribution < 1.29 is 9.47 Å². The number of nitrogens with zero attached hydrogens (tertiary/aromatic N) is 3. The number of ether oxygens (including phenoxy) is 2. The number of hydrogen-bond donors (Lipinski definition) is 1. The van der Waals surface area contributed by atoms with E-state index in [1.54, 1.807) is 11.8 Å². The highest BCUT2D eigenvalue weighted by molar-refractivity contribution is 5.42. The molecular weight excluding hydrogens is 268 g/mol. The van der Waals surface area contributed by atoms with E-state index in [4.69, 9.17) is 9.47 Å². The number of methoxy groups -OCH3 is 1. The van der Waals surface area contributed by atoms with Crippen molar-refractivity contribution in [1.29, 1.82) is 0 Å². The van der Waals surface area contributed by atoms with Crippen molar-refractivity contribution in [2.75, 3.05) is 13.7 Å². The van der Waals surface area contributed by atoms with Crippen LogP contribution in [0.25, 0.3) is 0 Å². The molecule has 0 fully saturated rings. The molecule has 0 radical (unpaired) electrons. The first-order valence-corrected chi connectivity index (χ1v) is 7.03. The van der Waals surface area contributed by atoms with Crippen molar-refractivity contribution in [2.24, 2.45) is 7.05 Å². The fourth-order valence-corrected chi connectivity index (χ4v) is 2.15. The molecule has 114 valence electrons. The third-order valence-electron chi connectivity index (χ3n) is 3.22. The van der Waals surface area contributed by atoms with Gasteiger partial charge in [0.25, 0.3) is 0 Å². The van der Waals surface area contributed by atoms with E-state index in [0.29, 0.717) is 6.61 Å². The Morgan fingerprint density at radius 2 is 2.19 bits per heavy atom. The summed E-state index contributed by atoms with van der Waals surface area (Å²) < 4.78 is 12.8. The van der Waals surface area contributed by atoms with E-state index in [-0.39, 0.29) is 6.04 Å². The van der Waals surface area contributed by atoms with Crippen molar-refractivity contribution in [3.63, 3.8) is 0 Å². The zero-order valence-corrected chi connectivity index (χ0v) is 13.0. The van der Waals surface area contributed by atoms with Crippen LogP contribution in [0.4, 0.5) is 0 Å². The van der Waals surface area contributed by atoms with Crippen LogP contribution < -0.4 is 14.8 Å². The van der Waals surface area contributed by atoms with Gasteiger partial charge in [0.1, 0.15) is 23.8 Å². The molecule has 0 spiro atoms. The summed E-state index contributed by atoms with van der Waals surface area (Å²) in [7, 11) is 3.48. The maximum absolute atomic E-state index is 5.91. The van der Waals surface area contributed by atoms with Gasteiger partial charge in [0, 0.05) is 24.7 Å². The Labute approximate surface area is 125 Å². The summed E-state index contributed by atoms with van der Waals surface area (Å²) in [4.78, 5) is 0. The maximum atomic E-state index is 5.91. The zero-order valence-electron chi connectivity index (χ0n) is 13.0. The summed E-state index contributed by atoms with van der Waals surface area (Å²) in [6.07, 6.45) is 1.84. The van der Waals surface area contributed by atoms with E-state index in [9.17, 15) is 0 Å². The molecule has 1 heterocycles. The molecule has 0 aliphatic rings. The van der Waals surface area contributed by atoms with Crippen LogP contribution in [0.15, 0.2) is 24.4 Å². The summed E-state index contributed by atoms with van der Waals surface area (Å²) in [5.74, 6) is 1.57. The first-order valence-electron chi connectivity index (χ1n) is 7.03. The SMILES string of the molecule is CCNC(C)c1ccc(OC)cc1OCc1cn(C)nn1. The second-order valence-electron chi connectivity index (χ2n) is 4.86. The Kier molecular flexibility index (Phi) is 5.16. The molecule has 1 N–H and O–H groups in total. The molecular formula is C15H22N4O2. The lowest BCUT2D eigenvalue weighted by molar-refractivity contribution is 0.292. The number of rotatable bonds is 7. The second kappa shape index (κ2) is 7.08. The molecule has 1 aromatic heterocycles. The van der Waals surface area contributed by atoms with E-state index in [1.807, 2.05) is 31.4 Å². The molecule has 2 rings (SSSR count). The molecule has 1 unspecified atom stereocenters. The molecule has 1 atom stereocenters. The Bertz CT molecular complexity index is 583. The van der Waals surface area contributed by atoms with Gasteiger partial charge in [-0.25, -0.2) is 0 Å². The standard InChI is InChI=1S/C15H22N4O2/c1-5-16-11(2)14-7-6-13(20-4)8-15(14)21-10-12-9-19(3)18-17-12/h6-9,11,16H,5,10H2,1-4H3. The largest absolute Gasteiger partial charge is 0.497 e. The normalized spacial score (nSPS) is 12.2. The van der Waals surface area contributed by atoms with Gasteiger partial charge in [-0.15, -0.1) is 5.10 Å². The van der Waals surface area contributed by atoms with Gasteiger partial charge in [-0.1, -0.05) is 18.2 Å². The lowest BCUT2D eigenvalue weighted by Crippen LogP contribution is -2.18. The summed E-state index contributed by atoms with van der Waals surface area (Å²) >= 11 is 0. The molecule has 0 aliphatic carbocycles. The number of aromatic nitrogens is 3. The summed E-state index contributed by atoms with van der Waals surface area (Å²) in [6.45, 7) is 5.48. The van der Waals surface area contributed by atoms with Crippen molar-refractivity contribution in [2.45, 2.75) is 26.5 Å². The number of hydrogen-bond acceptors (Lipinski definition) is 5. The van der Waals surface area contributed by atoms with Gasteiger partial charge in [-0.05, 0) is 19.5 Å². The van der Waals surface area contributed by atoms with Crippen LogP contribution in [-0.4, -0.2) is 28.6 Å². The minimum absolute atomic E-state index is 0.206. The molecule has 0 amide bonds. The highest BCUT2D eigenvalue weighted by Crippen LogP contribution is 2.30. The number of aryl methyl sites for hydroxylation is 1. The van der Waals surface area contributed by atoms with Crippen molar-refractivity contribution in [1.82, 2.24) is 20.3 Å². The van der Waals surface area contributed by atoms with Gasteiger partial charge in [0.05, 0.1) is 13.3 Å². The van der Waals surface area contributed by atoms with Gasteiger partial charge < -0.3 is 14.8 Å². The number of nitrogens with one attached hydrogen (secondary N) is 1. The molecule has 0 saturated carbocycles. The van der Waals surface area contributed by atoms with Gasteiger partial charge in [-0.2, -0.15) is 0 Å². The molecule has 0 bridgehead atoms. The molecule has 0 saturated heterocycles. The van der Waals surface area contributed by atoms with E-state index in [0.717, 1.165) is 29.3 Å². The lowest BCUT2D eigenvalue weighted by atomic mass is 10.1. The van der Waals surface area contributed by atoms with Crippen LogP contribution >= 0.6 is 0 Å². The highest BCUT2D eigenvalue weighted by atomic mass is 16.5. The van der Waals surface area contributed by atoms with E-state index < -0.39 is 0 Å². The van der Waals surface area contributed by atoms with Crippen LogP contribution in [-0.2, 0) is 13.7 Å². The van der Waals surface area contributed by atoms with Gasteiger partial charge in [-0.3, -0.25) is 4.68 Å². The summed E-state index contributed by atoms with van der Waals surface area (Å²) in [6, 6.07) is 6.08. The molecule has 2 aromatic rings. The second-order valence-corrected chi connectivity index (χ2v) is 4.86. The summed E-state index contributed by atoms with van der Waals surface area (Å²) in [5, 5.41) is 11.3. The monoisotopic (exact) mass is 290 g/mol. The van der Waals surface area contributed by atoms with Crippen LogP contribution in [0.1, 0.15) is 31.1 Å². The third kappa shape index (κ3) is 3.95. The van der Waals surface area contributed by atoms with Crippen molar-refractivity contribution >= 4 is 0 Å². The molecule has 1 aromatic carbocycles. The van der Waals surface area contributed by atoms with Crippen molar-refractivity contribution in [3.05, 3.63) is 35.7 Å². The third-order valence-corrected chi connectivity index (χ3v) is 3.22. The topological polar surface area (TPSA) is 61.2 Å². The Morgan fingerprint density at radius 3 is 2.81 bits per heavy atom. The van der Waals surface area contributed by atoms with E-state index in [1.165, 1.54) is 0 Å². The van der Waals surface area contributed by atoms with E-state index >= 15 is 0 Å². The van der Waals surface area contributed by atoms with Crippen LogP contribution in [0, 0.1) is 0 Å². The Balaban J connectivity index is 2.17. The fraction of sp³-hybridized carbons (Fsp3) is 0.467. The average Bonchev–Trinajstić information content (AvgIpc) is 2.90. The first-order chi connectivity index (χ1) is 10.1. The molecule has 0 aliphatic heterocycles. The van der Waals surface area contributed by atoms with Crippen LogP contribution in [0.5, 0.6) is 11.5 Å². The first kappa shape index (κ1) is 15.3. The highest BCUT2D eigenvalue weighted by Gasteiger charge is 2.13. The Hall–Kier alpha value is -2.08. The van der Waals surface area contributed by atoms with Crippen LogP contribution in [0.3, 0.4) is 0 Å². The van der Waals surface area contributed by atoms with Gasteiger partial charge in [0.2, 0.25) is 0 Å².